The average molecular weight is 380 g/mol. The van der Waals surface area contributed by atoms with Gasteiger partial charge in [-0.15, -0.1) is 34.4 Å². The van der Waals surface area contributed by atoms with Crippen LogP contribution in [0.5, 0.6) is 0 Å². The Morgan fingerprint density at radius 2 is 1.38 bits per heavy atom. The van der Waals surface area contributed by atoms with Gasteiger partial charge in [-0.1, -0.05) is 54.6 Å². The summed E-state index contributed by atoms with van der Waals surface area (Å²) < 4.78 is 0. The number of fused-ring (bicyclic) bond motifs is 1. The highest BCUT2D eigenvalue weighted by atomic mass is 35.5. The fraction of sp³-hybridized carbons (Fsp3) is 0.0476. The lowest BCUT2D eigenvalue weighted by molar-refractivity contribution is 1.06. The van der Waals surface area contributed by atoms with Gasteiger partial charge in [0.05, 0.1) is 0 Å². The fourth-order valence-electron chi connectivity index (χ4n) is 2.82. The molecule has 0 radical (unpaired) electrons. The van der Waals surface area contributed by atoms with Crippen LogP contribution in [0.3, 0.4) is 0 Å². The van der Waals surface area contributed by atoms with Crippen molar-refractivity contribution >= 4 is 46.4 Å². The highest BCUT2D eigenvalue weighted by Crippen LogP contribution is 2.31. The maximum atomic E-state index is 4.49. The van der Waals surface area contributed by atoms with E-state index in [1.807, 2.05) is 30.3 Å². The van der Waals surface area contributed by atoms with Crippen LogP contribution < -0.4 is 5.32 Å². The number of halogens is 1. The van der Waals surface area contributed by atoms with E-state index in [4.69, 9.17) is 0 Å². The third kappa shape index (κ3) is 3.66. The molecule has 0 unspecified atom stereocenters. The summed E-state index contributed by atoms with van der Waals surface area (Å²) in [5.41, 5.74) is 2.98. The maximum Gasteiger partial charge on any atom is 0.161 e. The summed E-state index contributed by atoms with van der Waals surface area (Å²) in [7, 11) is 0. The first-order valence-corrected chi connectivity index (χ1v) is 9.29. The van der Waals surface area contributed by atoms with Crippen molar-refractivity contribution in [2.45, 2.75) is 4.90 Å². The van der Waals surface area contributed by atoms with E-state index < -0.39 is 0 Å². The molecule has 1 aromatic heterocycles. The van der Waals surface area contributed by atoms with Crippen LogP contribution in [0.2, 0.25) is 0 Å². The molecule has 0 fully saturated rings. The third-order valence-electron chi connectivity index (χ3n) is 4.09. The number of aromatic nitrogens is 2. The van der Waals surface area contributed by atoms with Crippen molar-refractivity contribution in [1.82, 2.24) is 10.2 Å². The molecule has 0 saturated carbocycles. The van der Waals surface area contributed by atoms with Crippen molar-refractivity contribution < 1.29 is 0 Å². The quantitative estimate of drug-likeness (QED) is 0.429. The fourth-order valence-corrected chi connectivity index (χ4v) is 3.22. The van der Waals surface area contributed by atoms with Crippen LogP contribution in [0, 0.1) is 0 Å². The molecule has 5 heteroatoms. The number of hydrogen-bond donors (Lipinski definition) is 1. The minimum Gasteiger partial charge on any atom is -0.338 e. The van der Waals surface area contributed by atoms with Gasteiger partial charge in [0.15, 0.2) is 5.82 Å². The molecular weight excluding hydrogens is 362 g/mol. The number of anilines is 2. The number of nitrogens with zero attached hydrogens (tertiary/aromatic N) is 2. The Morgan fingerprint density at radius 3 is 2.08 bits per heavy atom. The van der Waals surface area contributed by atoms with Gasteiger partial charge in [0.1, 0.15) is 5.69 Å². The van der Waals surface area contributed by atoms with Crippen molar-refractivity contribution in [1.29, 1.82) is 0 Å². The second-order valence-electron chi connectivity index (χ2n) is 5.66. The maximum absolute atomic E-state index is 4.49. The molecule has 0 aliphatic heterocycles. The summed E-state index contributed by atoms with van der Waals surface area (Å²) in [6, 6.07) is 26.7. The Kier molecular flexibility index (Phi) is 5.76. The average Bonchev–Trinajstić information content (AvgIpc) is 2.69. The number of nitrogens with one attached hydrogen (secondary N) is 1. The van der Waals surface area contributed by atoms with Crippen molar-refractivity contribution in [3.8, 4) is 11.3 Å². The molecule has 1 N–H and O–H groups in total. The number of thioether (sulfide) groups is 1. The summed E-state index contributed by atoms with van der Waals surface area (Å²) in [4.78, 5) is 1.24. The van der Waals surface area contributed by atoms with Gasteiger partial charge in [-0.2, -0.15) is 0 Å². The van der Waals surface area contributed by atoms with Gasteiger partial charge >= 0.3 is 0 Å². The van der Waals surface area contributed by atoms with Gasteiger partial charge < -0.3 is 5.32 Å². The van der Waals surface area contributed by atoms with E-state index in [2.05, 4.69) is 70.3 Å². The number of benzene rings is 3. The molecule has 0 amide bonds. The Morgan fingerprint density at radius 1 is 0.731 bits per heavy atom. The van der Waals surface area contributed by atoms with Crippen LogP contribution in [0.25, 0.3) is 22.0 Å². The lowest BCUT2D eigenvalue weighted by Crippen LogP contribution is -1.99. The van der Waals surface area contributed by atoms with Crippen LogP contribution in [0.4, 0.5) is 11.5 Å². The van der Waals surface area contributed by atoms with E-state index in [1.54, 1.807) is 11.8 Å². The molecule has 130 valence electrons. The monoisotopic (exact) mass is 379 g/mol. The smallest absolute Gasteiger partial charge is 0.161 e. The second kappa shape index (κ2) is 8.21. The summed E-state index contributed by atoms with van der Waals surface area (Å²) in [6.07, 6.45) is 2.07. The Bertz CT molecular complexity index is 1000. The largest absolute Gasteiger partial charge is 0.338 e. The van der Waals surface area contributed by atoms with Crippen molar-refractivity contribution in [2.24, 2.45) is 0 Å². The van der Waals surface area contributed by atoms with Crippen molar-refractivity contribution in [2.75, 3.05) is 11.6 Å². The Hall–Kier alpha value is -2.56. The lowest BCUT2D eigenvalue weighted by atomic mass is 10.0. The molecular formula is C21H18ClN3S. The van der Waals surface area contributed by atoms with Gasteiger partial charge in [-0.3, -0.25) is 0 Å². The van der Waals surface area contributed by atoms with Crippen molar-refractivity contribution in [3.05, 3.63) is 78.9 Å². The molecule has 0 aliphatic carbocycles. The van der Waals surface area contributed by atoms with Crippen LogP contribution in [-0.2, 0) is 0 Å². The topological polar surface area (TPSA) is 37.8 Å². The molecule has 0 saturated heterocycles. The van der Waals surface area contributed by atoms with Crippen LogP contribution >= 0.6 is 24.2 Å². The predicted octanol–water partition coefficient (Wildman–Crippen LogP) is 6.18. The molecule has 3 nitrogen and oxygen atoms in total. The lowest BCUT2D eigenvalue weighted by Gasteiger charge is -2.11. The Balaban J connectivity index is 0.00000196. The molecule has 4 aromatic rings. The zero-order valence-electron chi connectivity index (χ0n) is 14.2. The molecule has 0 spiro atoms. The summed E-state index contributed by atoms with van der Waals surface area (Å²) >= 11 is 1.73. The summed E-state index contributed by atoms with van der Waals surface area (Å²) in [5, 5.41) is 14.5. The van der Waals surface area contributed by atoms with Gasteiger partial charge in [-0.05, 0) is 30.5 Å². The minimum atomic E-state index is 0. The molecule has 0 atom stereocenters. The normalized spacial score (nSPS) is 10.3. The van der Waals surface area contributed by atoms with E-state index in [0.29, 0.717) is 0 Å². The highest BCUT2D eigenvalue weighted by Gasteiger charge is 2.10. The van der Waals surface area contributed by atoms with E-state index in [9.17, 15) is 0 Å². The molecule has 4 rings (SSSR count). The molecule has 0 bridgehead atoms. The molecule has 0 aliphatic rings. The first-order valence-electron chi connectivity index (χ1n) is 8.07. The van der Waals surface area contributed by atoms with Crippen LogP contribution in [-0.4, -0.2) is 16.5 Å². The number of rotatable bonds is 4. The van der Waals surface area contributed by atoms with E-state index in [0.717, 1.165) is 33.5 Å². The summed E-state index contributed by atoms with van der Waals surface area (Å²) in [5.74, 6) is 0.771. The third-order valence-corrected chi connectivity index (χ3v) is 4.83. The zero-order valence-corrected chi connectivity index (χ0v) is 15.8. The van der Waals surface area contributed by atoms with Crippen LogP contribution in [0.1, 0.15) is 0 Å². The molecule has 1 heterocycles. The minimum absolute atomic E-state index is 0. The predicted molar refractivity (Wildman–Crippen MR) is 114 cm³/mol. The zero-order chi connectivity index (χ0) is 17.1. The van der Waals surface area contributed by atoms with Gasteiger partial charge in [-0.25, -0.2) is 0 Å². The van der Waals surface area contributed by atoms with E-state index >= 15 is 0 Å². The van der Waals surface area contributed by atoms with E-state index in [1.165, 1.54) is 4.90 Å². The molecule has 3 aromatic carbocycles. The highest BCUT2D eigenvalue weighted by molar-refractivity contribution is 7.98. The number of hydrogen-bond acceptors (Lipinski definition) is 4. The van der Waals surface area contributed by atoms with Crippen molar-refractivity contribution in [3.63, 3.8) is 0 Å². The van der Waals surface area contributed by atoms with Crippen LogP contribution in [0.15, 0.2) is 83.8 Å². The van der Waals surface area contributed by atoms with E-state index in [-0.39, 0.29) is 12.4 Å². The molecule has 26 heavy (non-hydrogen) atoms. The SMILES string of the molecule is CSc1ccc(Nc2nnc(-c3ccccc3)c3ccccc23)cc1.Cl. The first-order chi connectivity index (χ1) is 12.3. The first kappa shape index (κ1) is 18.2. The van der Waals surface area contributed by atoms with Gasteiger partial charge in [0.25, 0.3) is 0 Å². The van der Waals surface area contributed by atoms with Gasteiger partial charge in [0, 0.05) is 26.9 Å². The second-order valence-corrected chi connectivity index (χ2v) is 6.54. The summed E-state index contributed by atoms with van der Waals surface area (Å²) in [6.45, 7) is 0. The standard InChI is InChI=1S/C21H17N3S.ClH/c1-25-17-13-11-16(12-14-17)22-21-19-10-6-5-9-18(19)20(23-24-21)15-7-3-2-4-8-15;/h2-14H,1H3,(H,22,24);1H. The Labute approximate surface area is 163 Å². The van der Waals surface area contributed by atoms with Gasteiger partial charge in [0.2, 0.25) is 0 Å².